The van der Waals surface area contributed by atoms with E-state index in [4.69, 9.17) is 25.1 Å². The molecule has 3 saturated heterocycles. The van der Waals surface area contributed by atoms with Gasteiger partial charge in [0.1, 0.15) is 29.5 Å². The summed E-state index contributed by atoms with van der Waals surface area (Å²) in [4.78, 5) is 61.2. The summed E-state index contributed by atoms with van der Waals surface area (Å²) in [6, 6.07) is 4.08. The van der Waals surface area contributed by atoms with Crippen molar-refractivity contribution in [1.82, 2.24) is 10.6 Å². The van der Waals surface area contributed by atoms with Gasteiger partial charge in [-0.05, 0) is 25.8 Å². The Kier molecular flexibility index (Phi) is 11.8. The highest BCUT2D eigenvalue weighted by atomic mass is 32.2. The van der Waals surface area contributed by atoms with Crippen molar-refractivity contribution in [2.45, 2.75) is 105 Å². The summed E-state index contributed by atoms with van der Waals surface area (Å²) in [5, 5.41) is 68.5. The van der Waals surface area contributed by atoms with Gasteiger partial charge in [-0.2, -0.15) is 11.8 Å². The van der Waals surface area contributed by atoms with E-state index in [9.17, 15) is 49.5 Å². The number of nitrogens with one attached hydrogen (secondary N) is 2. The lowest BCUT2D eigenvalue weighted by Crippen LogP contribution is -2.53. The zero-order valence-electron chi connectivity index (χ0n) is 30.1. The van der Waals surface area contributed by atoms with E-state index in [1.165, 1.54) is 25.3 Å². The van der Waals surface area contributed by atoms with E-state index < -0.39 is 102 Å². The first-order chi connectivity index (χ1) is 26.1. The van der Waals surface area contributed by atoms with Gasteiger partial charge < -0.3 is 61.2 Å². The van der Waals surface area contributed by atoms with Gasteiger partial charge in [0.05, 0.1) is 54.2 Å². The van der Waals surface area contributed by atoms with Crippen molar-refractivity contribution in [3.63, 3.8) is 0 Å². The highest BCUT2D eigenvalue weighted by molar-refractivity contribution is 8.00. The van der Waals surface area contributed by atoms with Crippen LogP contribution in [0.5, 0.6) is 17.2 Å². The molecule has 0 bridgehead atoms. The average molecular weight is 788 g/mol. The van der Waals surface area contributed by atoms with E-state index in [1.54, 1.807) is 6.92 Å². The fourth-order valence-electron chi connectivity index (χ4n) is 8.02. The first-order valence-corrected chi connectivity index (χ1v) is 19.0. The molecule has 2 aliphatic carbocycles. The van der Waals surface area contributed by atoms with Crippen molar-refractivity contribution in [3.8, 4) is 17.2 Å². The van der Waals surface area contributed by atoms with Gasteiger partial charge in [0.2, 0.25) is 5.78 Å². The van der Waals surface area contributed by atoms with Crippen molar-refractivity contribution in [3.05, 3.63) is 51.6 Å². The molecule has 7 rings (SSSR count). The minimum absolute atomic E-state index is 0.0173. The number of aliphatic hydroxyl groups excluding tert-OH is 2. The maximum Gasteiger partial charge on any atom is 0.315 e. The topological polar surface area (TPSA) is 284 Å². The fourth-order valence-corrected chi connectivity index (χ4v) is 9.56. The summed E-state index contributed by atoms with van der Waals surface area (Å²) in [5.41, 5.74) is 2.37. The second kappa shape index (κ2) is 16.0. The number of aliphatic hydroxyl groups is 3. The number of thioether (sulfide) groups is 1. The van der Waals surface area contributed by atoms with E-state index in [0.717, 1.165) is 25.0 Å². The number of carboxylic acid groups (broad SMARTS) is 1. The number of urea groups is 1. The zero-order valence-corrected chi connectivity index (χ0v) is 31.0. The monoisotopic (exact) mass is 787 g/mol. The molecule has 0 saturated carbocycles. The van der Waals surface area contributed by atoms with Gasteiger partial charge in [-0.25, -0.2) is 4.79 Å². The molecule has 2 aromatic carbocycles. The Morgan fingerprint density at radius 3 is 2.47 bits per heavy atom. The van der Waals surface area contributed by atoms with E-state index in [1.807, 2.05) is 11.8 Å². The number of nitrogens with two attached hydrogens (primary N) is 1. The lowest BCUT2D eigenvalue weighted by molar-refractivity contribution is -0.247. The molecule has 3 fully saturated rings. The molecule has 10 N–H and O–H groups in total. The van der Waals surface area contributed by atoms with Crippen molar-refractivity contribution < 1.29 is 68.8 Å². The number of ketones is 3. The number of carboxylic acids is 1. The van der Waals surface area contributed by atoms with Crippen LogP contribution in [-0.4, -0.2) is 127 Å². The van der Waals surface area contributed by atoms with Crippen LogP contribution in [-0.2, 0) is 25.5 Å². The first-order valence-electron chi connectivity index (χ1n) is 18.0. The largest absolute Gasteiger partial charge is 0.507 e. The summed E-state index contributed by atoms with van der Waals surface area (Å²) in [5.74, 6) is -3.54. The summed E-state index contributed by atoms with van der Waals surface area (Å²) < 4.78 is 17.0. The van der Waals surface area contributed by atoms with Crippen LogP contribution in [0.25, 0.3) is 0 Å². The normalized spacial score (nSPS) is 30.5. The van der Waals surface area contributed by atoms with Gasteiger partial charge in [-0.3, -0.25) is 19.2 Å². The summed E-state index contributed by atoms with van der Waals surface area (Å²) in [7, 11) is 1.32. The summed E-state index contributed by atoms with van der Waals surface area (Å²) in [6.45, 7) is 0.560. The third-order valence-electron chi connectivity index (χ3n) is 10.9. The molecule has 2 aromatic rings. The minimum Gasteiger partial charge on any atom is -0.507 e. The number of methoxy groups -OCH3 is 1. The van der Waals surface area contributed by atoms with E-state index in [-0.39, 0.29) is 59.0 Å². The molecule has 9 atom stereocenters. The maximum absolute atomic E-state index is 13.6. The molecule has 5 aliphatic rings. The number of rotatable bonds is 10. The van der Waals surface area contributed by atoms with Crippen LogP contribution in [0.3, 0.4) is 0 Å². The number of phenolic OH excluding ortho intramolecular Hbond substituents is 2. The second-order valence-corrected chi connectivity index (χ2v) is 15.7. The molecule has 55 heavy (non-hydrogen) atoms. The predicted molar refractivity (Wildman–Crippen MR) is 193 cm³/mol. The van der Waals surface area contributed by atoms with Crippen molar-refractivity contribution >= 4 is 41.1 Å². The molecule has 18 heteroatoms. The minimum atomic E-state index is -2.24. The van der Waals surface area contributed by atoms with Gasteiger partial charge in [-0.1, -0.05) is 18.6 Å². The van der Waals surface area contributed by atoms with Gasteiger partial charge in [0.15, 0.2) is 17.9 Å². The highest BCUT2D eigenvalue weighted by Gasteiger charge is 2.50. The number of aromatic hydroxyl groups is 2. The number of ether oxygens (including phenoxy) is 3. The van der Waals surface area contributed by atoms with Crippen LogP contribution >= 0.6 is 11.8 Å². The Balaban J connectivity index is 0.000000268. The third kappa shape index (κ3) is 7.64. The Morgan fingerprint density at radius 2 is 1.80 bits per heavy atom. The van der Waals surface area contributed by atoms with Crippen LogP contribution in [0.15, 0.2) is 18.2 Å². The number of aliphatic carboxylic acids is 1. The van der Waals surface area contributed by atoms with Gasteiger partial charge >= 0.3 is 12.0 Å². The fraction of sp³-hybridized carbons (Fsp3) is 0.541. The summed E-state index contributed by atoms with van der Waals surface area (Å²) in [6.07, 6.45) is -2.24. The molecule has 0 aromatic heterocycles. The van der Waals surface area contributed by atoms with E-state index in [2.05, 4.69) is 10.6 Å². The second-order valence-electron chi connectivity index (χ2n) is 14.4. The Hall–Kier alpha value is -4.30. The van der Waals surface area contributed by atoms with Crippen molar-refractivity contribution in [2.75, 3.05) is 19.5 Å². The Bertz CT molecular complexity index is 1880. The molecular weight excluding hydrogens is 742 g/mol. The van der Waals surface area contributed by atoms with Gasteiger partial charge in [-0.15, -0.1) is 0 Å². The van der Waals surface area contributed by atoms with E-state index in [0.29, 0.717) is 5.25 Å². The lowest BCUT2D eigenvalue weighted by Gasteiger charge is -2.42. The number of benzene rings is 2. The molecular formula is C37H45N3O14S. The number of phenols is 2. The molecule has 298 valence electrons. The van der Waals surface area contributed by atoms with Crippen molar-refractivity contribution in [1.29, 1.82) is 0 Å². The molecule has 3 heterocycles. The van der Waals surface area contributed by atoms with Crippen LogP contribution in [0.1, 0.15) is 94.5 Å². The van der Waals surface area contributed by atoms with Crippen LogP contribution in [0.4, 0.5) is 4.79 Å². The van der Waals surface area contributed by atoms with Crippen LogP contribution in [0.2, 0.25) is 0 Å². The van der Waals surface area contributed by atoms with Gasteiger partial charge in [0.25, 0.3) is 0 Å². The van der Waals surface area contributed by atoms with Crippen LogP contribution in [0, 0.1) is 0 Å². The quantitative estimate of drug-likeness (QED) is 0.0780. The number of amides is 2. The molecule has 2 amide bonds. The zero-order chi connectivity index (χ0) is 39.9. The smallest absolute Gasteiger partial charge is 0.315 e. The number of hydrogen-bond acceptors (Lipinski definition) is 15. The maximum atomic E-state index is 13.6. The first kappa shape index (κ1) is 40.4. The molecule has 0 radical (unpaired) electrons. The molecule has 17 nitrogen and oxygen atoms in total. The Morgan fingerprint density at radius 1 is 1.07 bits per heavy atom. The number of Topliss-reactive ketones (excluding diaryl/α,β-unsaturated/α-hetero) is 1. The predicted octanol–water partition coefficient (Wildman–Crippen LogP) is 0.798. The molecule has 3 aliphatic heterocycles. The highest BCUT2D eigenvalue weighted by Crippen LogP contribution is 2.52. The number of unbranched alkanes of at least 4 members (excludes halogenated alkanes) is 1. The van der Waals surface area contributed by atoms with Crippen LogP contribution < -0.4 is 21.1 Å². The van der Waals surface area contributed by atoms with Gasteiger partial charge in [0, 0.05) is 59.4 Å². The molecule has 0 spiro atoms. The SMILES string of the molecule is COc1cccc2c1C(=O)c1c(O)c3c(c(O)c1C2=O)C[C@@](O)(C(=O)CO)C[C@@H]3OC1CC(N)C(O)C(C)O1.O=C(O)CCCC[C@@H]1SC[C@@H]2NC(=O)N[C@@H]21. The Labute approximate surface area is 319 Å². The van der Waals surface area contributed by atoms with E-state index >= 15 is 0 Å². The molecule has 4 unspecified atom stereocenters. The number of carbonyl (C=O) groups is 5. The summed E-state index contributed by atoms with van der Waals surface area (Å²) >= 11 is 1.87. The van der Waals surface area contributed by atoms with Crippen molar-refractivity contribution in [2.24, 2.45) is 5.73 Å². The lowest BCUT2D eigenvalue weighted by atomic mass is 9.72. The number of carbonyl (C=O) groups excluding carboxylic acids is 4. The standard InChI is InChI=1S/C27H29NO11.C10H16N2O3S/c1-10-22(31)13(28)6-17(38-10)39-15-8-27(36,16(30)9-29)7-12-19(15)26(35)21-20(24(12)33)23(32)11-4-3-5-14(37-2)18(11)25(21)34;13-8(14)4-2-1-3-7-9-6(5-16-7)11-10(15)12-9/h3-5,10,13,15,17,22,29,31,33,35-36H,6-9,28H2,1-2H3;6-7,9H,1-5H2,(H,13,14)(H2,11,12,15)/t10?,13?,15-,17?,22?,27-;6-,7-,9-/m00/s1. The average Bonchev–Trinajstić information content (AvgIpc) is 3.70. The number of hydrogen-bond donors (Lipinski definition) is 9. The number of fused-ring (bicyclic) bond motifs is 4. The third-order valence-corrected chi connectivity index (χ3v) is 12.4.